The Morgan fingerprint density at radius 2 is 2.40 bits per heavy atom. The average Bonchev–Trinajstić information content (AvgIpc) is 2.65. The molecule has 84 valence electrons. The van der Waals surface area contributed by atoms with Crippen LogP contribution < -0.4 is 11.1 Å². The molecule has 0 aliphatic carbocycles. The first-order valence-electron chi connectivity index (χ1n) is 4.88. The number of nitrogens with one attached hydrogen (secondary N) is 1. The van der Waals surface area contributed by atoms with Crippen molar-refractivity contribution in [3.05, 3.63) is 23.7 Å². The van der Waals surface area contributed by atoms with E-state index in [2.05, 4.69) is 5.32 Å². The third-order valence-corrected chi connectivity index (χ3v) is 1.93. The highest BCUT2D eigenvalue weighted by molar-refractivity contribution is 5.91. The van der Waals surface area contributed by atoms with E-state index in [1.54, 1.807) is 19.1 Å². The minimum atomic E-state index is -0.415. The molecule has 15 heavy (non-hydrogen) atoms. The highest BCUT2D eigenvalue weighted by Gasteiger charge is 2.09. The van der Waals surface area contributed by atoms with Gasteiger partial charge in [-0.15, -0.1) is 0 Å². The van der Waals surface area contributed by atoms with Gasteiger partial charge in [0.05, 0.1) is 12.6 Å². The molecular formula is C10H16N2O3. The van der Waals surface area contributed by atoms with E-state index in [0.29, 0.717) is 18.7 Å². The lowest BCUT2D eigenvalue weighted by molar-refractivity contribution is 0.0916. The van der Waals surface area contributed by atoms with Crippen molar-refractivity contribution in [2.45, 2.75) is 26.0 Å². The van der Waals surface area contributed by atoms with Crippen LogP contribution in [0.25, 0.3) is 0 Å². The lowest BCUT2D eigenvalue weighted by Crippen LogP contribution is -2.26. The van der Waals surface area contributed by atoms with Gasteiger partial charge in [-0.1, -0.05) is 0 Å². The molecule has 1 unspecified atom stereocenters. The zero-order chi connectivity index (χ0) is 11.3. The molecule has 0 radical (unpaired) electrons. The summed E-state index contributed by atoms with van der Waals surface area (Å²) < 4.78 is 5.15. The maximum atomic E-state index is 11.4. The van der Waals surface area contributed by atoms with Gasteiger partial charge in [0.2, 0.25) is 0 Å². The van der Waals surface area contributed by atoms with Crippen molar-refractivity contribution < 1.29 is 14.3 Å². The van der Waals surface area contributed by atoms with Crippen LogP contribution in [0.15, 0.2) is 16.5 Å². The number of aliphatic hydroxyl groups is 1. The highest BCUT2D eigenvalue weighted by atomic mass is 16.4. The lowest BCUT2D eigenvalue weighted by atomic mass is 10.3. The molecule has 0 aliphatic rings. The third kappa shape index (κ3) is 3.73. The molecule has 0 spiro atoms. The largest absolute Gasteiger partial charge is 0.455 e. The van der Waals surface area contributed by atoms with Crippen molar-refractivity contribution in [2.75, 3.05) is 6.54 Å². The smallest absolute Gasteiger partial charge is 0.286 e. The highest BCUT2D eigenvalue weighted by Crippen LogP contribution is 2.06. The number of amides is 1. The fraction of sp³-hybridized carbons (Fsp3) is 0.500. The monoisotopic (exact) mass is 212 g/mol. The van der Waals surface area contributed by atoms with Gasteiger partial charge in [-0.2, -0.15) is 0 Å². The van der Waals surface area contributed by atoms with Gasteiger partial charge in [-0.3, -0.25) is 4.79 Å². The molecule has 1 aromatic rings. The number of furan rings is 1. The maximum Gasteiger partial charge on any atom is 0.286 e. The first-order valence-corrected chi connectivity index (χ1v) is 4.88. The fourth-order valence-electron chi connectivity index (χ4n) is 1.09. The maximum absolute atomic E-state index is 11.4. The third-order valence-electron chi connectivity index (χ3n) is 1.93. The molecule has 0 aliphatic heterocycles. The first-order chi connectivity index (χ1) is 7.13. The summed E-state index contributed by atoms with van der Waals surface area (Å²) in [5.41, 5.74) is 5.34. The van der Waals surface area contributed by atoms with Crippen LogP contribution in [-0.4, -0.2) is 23.7 Å². The SMILES string of the molecule is CC(O)CCNC(=O)c1ccc(CN)o1. The van der Waals surface area contributed by atoms with Crippen LogP contribution in [0.3, 0.4) is 0 Å². The Kier molecular flexibility index (Phi) is 4.33. The summed E-state index contributed by atoms with van der Waals surface area (Å²) in [6, 6.07) is 3.25. The number of nitrogens with two attached hydrogens (primary N) is 1. The van der Waals surface area contributed by atoms with E-state index in [-0.39, 0.29) is 18.2 Å². The van der Waals surface area contributed by atoms with Gasteiger partial charge in [-0.25, -0.2) is 0 Å². The van der Waals surface area contributed by atoms with Crippen molar-refractivity contribution in [1.29, 1.82) is 0 Å². The molecule has 0 fully saturated rings. The number of hydrogen-bond donors (Lipinski definition) is 3. The van der Waals surface area contributed by atoms with Crippen molar-refractivity contribution >= 4 is 5.91 Å². The minimum Gasteiger partial charge on any atom is -0.455 e. The van der Waals surface area contributed by atoms with Crippen LogP contribution in [0.4, 0.5) is 0 Å². The van der Waals surface area contributed by atoms with Gasteiger partial charge in [0, 0.05) is 6.54 Å². The van der Waals surface area contributed by atoms with Crippen LogP contribution in [0.1, 0.15) is 29.7 Å². The van der Waals surface area contributed by atoms with Crippen molar-refractivity contribution in [3.8, 4) is 0 Å². The second-order valence-electron chi connectivity index (χ2n) is 3.36. The quantitative estimate of drug-likeness (QED) is 0.652. The van der Waals surface area contributed by atoms with Gasteiger partial charge in [0.15, 0.2) is 5.76 Å². The summed E-state index contributed by atoms with van der Waals surface area (Å²) >= 11 is 0. The zero-order valence-corrected chi connectivity index (χ0v) is 8.69. The molecule has 0 saturated heterocycles. The number of hydrogen-bond acceptors (Lipinski definition) is 4. The Balaban J connectivity index is 2.40. The van der Waals surface area contributed by atoms with Crippen molar-refractivity contribution in [3.63, 3.8) is 0 Å². The fourth-order valence-corrected chi connectivity index (χ4v) is 1.09. The standard InChI is InChI=1S/C10H16N2O3/c1-7(13)4-5-12-10(14)9-3-2-8(6-11)15-9/h2-3,7,13H,4-6,11H2,1H3,(H,12,14). The second kappa shape index (κ2) is 5.53. The van der Waals surface area contributed by atoms with Crippen LogP contribution in [0, 0.1) is 0 Å². The van der Waals surface area contributed by atoms with Gasteiger partial charge in [0.1, 0.15) is 5.76 Å². The predicted octanol–water partition coefficient (Wildman–Crippen LogP) is 0.239. The van der Waals surface area contributed by atoms with Gasteiger partial charge >= 0.3 is 0 Å². The summed E-state index contributed by atoms with van der Waals surface area (Å²) in [5, 5.41) is 11.6. The molecule has 1 heterocycles. The van der Waals surface area contributed by atoms with E-state index in [1.807, 2.05) is 0 Å². The Hall–Kier alpha value is -1.33. The molecule has 1 aromatic heterocycles. The zero-order valence-electron chi connectivity index (χ0n) is 8.69. The molecule has 1 amide bonds. The Labute approximate surface area is 88.3 Å². The molecule has 1 atom stereocenters. The molecule has 0 aromatic carbocycles. The number of carbonyl (C=O) groups is 1. The Bertz CT molecular complexity index is 320. The summed E-state index contributed by atoms with van der Waals surface area (Å²) in [7, 11) is 0. The number of rotatable bonds is 5. The van der Waals surface area contributed by atoms with E-state index in [0.717, 1.165) is 0 Å². The number of carbonyl (C=O) groups excluding carboxylic acids is 1. The van der Waals surface area contributed by atoms with Crippen LogP contribution in [-0.2, 0) is 6.54 Å². The summed E-state index contributed by atoms with van der Waals surface area (Å²) in [4.78, 5) is 11.4. The second-order valence-corrected chi connectivity index (χ2v) is 3.36. The van der Waals surface area contributed by atoms with E-state index in [1.165, 1.54) is 0 Å². The van der Waals surface area contributed by atoms with Crippen LogP contribution >= 0.6 is 0 Å². The molecule has 5 nitrogen and oxygen atoms in total. The minimum absolute atomic E-state index is 0.251. The van der Waals surface area contributed by atoms with E-state index >= 15 is 0 Å². The molecule has 1 rings (SSSR count). The average molecular weight is 212 g/mol. The summed E-state index contributed by atoms with van der Waals surface area (Å²) in [5.74, 6) is 0.548. The van der Waals surface area contributed by atoms with Crippen molar-refractivity contribution in [1.82, 2.24) is 5.32 Å². The van der Waals surface area contributed by atoms with Crippen LogP contribution in [0.5, 0.6) is 0 Å². The molecule has 4 N–H and O–H groups in total. The first kappa shape index (κ1) is 11.7. The van der Waals surface area contributed by atoms with E-state index in [4.69, 9.17) is 15.3 Å². The molecule has 5 heteroatoms. The van der Waals surface area contributed by atoms with Crippen molar-refractivity contribution in [2.24, 2.45) is 5.73 Å². The lowest BCUT2D eigenvalue weighted by Gasteiger charge is -2.04. The van der Waals surface area contributed by atoms with Gasteiger partial charge in [0.25, 0.3) is 5.91 Å². The van der Waals surface area contributed by atoms with E-state index < -0.39 is 6.10 Å². The predicted molar refractivity (Wildman–Crippen MR) is 55.2 cm³/mol. The summed E-state index contributed by atoms with van der Waals surface area (Å²) in [6.07, 6.45) is 0.109. The van der Waals surface area contributed by atoms with Crippen LogP contribution in [0.2, 0.25) is 0 Å². The van der Waals surface area contributed by atoms with Gasteiger partial charge in [-0.05, 0) is 25.5 Å². The molecule has 0 bridgehead atoms. The van der Waals surface area contributed by atoms with Gasteiger partial charge < -0.3 is 20.6 Å². The normalized spacial score (nSPS) is 12.5. The molecule has 0 saturated carbocycles. The molecular weight excluding hydrogens is 196 g/mol. The van der Waals surface area contributed by atoms with E-state index in [9.17, 15) is 4.79 Å². The topological polar surface area (TPSA) is 88.5 Å². The Morgan fingerprint density at radius 3 is 2.93 bits per heavy atom. The summed E-state index contributed by atoms with van der Waals surface area (Å²) in [6.45, 7) is 2.38. The number of aliphatic hydroxyl groups excluding tert-OH is 1. The Morgan fingerprint density at radius 1 is 1.67 bits per heavy atom.